The summed E-state index contributed by atoms with van der Waals surface area (Å²) >= 11 is 6.14. The third kappa shape index (κ3) is 2.61. The smallest absolute Gasteiger partial charge is 0.0410 e. The van der Waals surface area contributed by atoms with Crippen molar-refractivity contribution in [3.8, 4) is 0 Å². The van der Waals surface area contributed by atoms with Crippen molar-refractivity contribution in [2.45, 2.75) is 44.6 Å². The quantitative estimate of drug-likeness (QED) is 0.915. The third-order valence-electron chi connectivity index (χ3n) is 4.77. The number of benzene rings is 1. The van der Waals surface area contributed by atoms with Gasteiger partial charge >= 0.3 is 0 Å². The highest BCUT2D eigenvalue weighted by atomic mass is 35.5. The van der Waals surface area contributed by atoms with Crippen LogP contribution in [0.25, 0.3) is 0 Å². The molecule has 104 valence electrons. The molecule has 1 saturated heterocycles. The normalized spacial score (nSPS) is 26.5. The molecule has 2 nitrogen and oxygen atoms in total. The summed E-state index contributed by atoms with van der Waals surface area (Å²) in [5.74, 6) is 0.912. The Morgan fingerprint density at radius 2 is 2.05 bits per heavy atom. The van der Waals surface area contributed by atoms with Gasteiger partial charge in [-0.2, -0.15) is 0 Å². The van der Waals surface area contributed by atoms with Gasteiger partial charge < -0.3 is 10.6 Å². The molecule has 3 heteroatoms. The Balaban J connectivity index is 1.89. The van der Waals surface area contributed by atoms with Crippen LogP contribution in [-0.2, 0) is 6.42 Å². The van der Waals surface area contributed by atoms with Crippen LogP contribution < -0.4 is 10.6 Å². The number of fused-ring (bicyclic) bond motifs is 1. The monoisotopic (exact) mass is 278 g/mol. The molecule has 0 spiro atoms. The van der Waals surface area contributed by atoms with E-state index in [4.69, 9.17) is 17.3 Å². The van der Waals surface area contributed by atoms with E-state index in [0.29, 0.717) is 6.54 Å². The molecule has 2 atom stereocenters. The van der Waals surface area contributed by atoms with Crippen molar-refractivity contribution in [2.75, 3.05) is 18.0 Å². The molecule has 1 aromatic rings. The molecule has 0 bridgehead atoms. The molecule has 2 fully saturated rings. The summed E-state index contributed by atoms with van der Waals surface area (Å²) in [6.07, 6.45) is 7.86. The summed E-state index contributed by atoms with van der Waals surface area (Å²) in [4.78, 5) is 2.63. The zero-order valence-electron chi connectivity index (χ0n) is 11.4. The Labute approximate surface area is 120 Å². The van der Waals surface area contributed by atoms with Crippen LogP contribution in [0.3, 0.4) is 0 Å². The molecule has 2 N–H and O–H groups in total. The first kappa shape index (κ1) is 13.3. The van der Waals surface area contributed by atoms with Crippen LogP contribution >= 0.6 is 11.6 Å². The van der Waals surface area contributed by atoms with E-state index in [2.05, 4.69) is 17.0 Å². The molecule has 0 aromatic heterocycles. The molecule has 1 saturated carbocycles. The SMILES string of the molecule is NCCc1cc(Cl)ccc1N1CCC2CCCCC21. The summed E-state index contributed by atoms with van der Waals surface area (Å²) in [5.41, 5.74) is 8.45. The van der Waals surface area contributed by atoms with E-state index < -0.39 is 0 Å². The summed E-state index contributed by atoms with van der Waals surface area (Å²) in [6.45, 7) is 1.89. The van der Waals surface area contributed by atoms with Gasteiger partial charge in [0, 0.05) is 23.3 Å². The van der Waals surface area contributed by atoms with Gasteiger partial charge in [-0.3, -0.25) is 0 Å². The van der Waals surface area contributed by atoms with Crippen molar-refractivity contribution in [2.24, 2.45) is 11.7 Å². The van der Waals surface area contributed by atoms with Crippen LogP contribution in [0.5, 0.6) is 0 Å². The van der Waals surface area contributed by atoms with Crippen LogP contribution in [0, 0.1) is 5.92 Å². The highest BCUT2D eigenvalue weighted by Crippen LogP contribution is 2.40. The van der Waals surface area contributed by atoms with Gasteiger partial charge in [0.15, 0.2) is 0 Å². The summed E-state index contributed by atoms with van der Waals surface area (Å²) < 4.78 is 0. The minimum Gasteiger partial charge on any atom is -0.368 e. The van der Waals surface area contributed by atoms with Gasteiger partial charge in [-0.15, -0.1) is 0 Å². The van der Waals surface area contributed by atoms with Crippen molar-refractivity contribution >= 4 is 17.3 Å². The summed E-state index contributed by atoms with van der Waals surface area (Å²) in [7, 11) is 0. The van der Waals surface area contributed by atoms with E-state index in [9.17, 15) is 0 Å². The lowest BCUT2D eigenvalue weighted by molar-refractivity contribution is 0.342. The number of hydrogen-bond donors (Lipinski definition) is 1. The zero-order chi connectivity index (χ0) is 13.2. The van der Waals surface area contributed by atoms with Crippen LogP contribution in [0.2, 0.25) is 5.02 Å². The maximum atomic E-state index is 6.14. The van der Waals surface area contributed by atoms with E-state index in [0.717, 1.165) is 23.4 Å². The maximum Gasteiger partial charge on any atom is 0.0410 e. The second kappa shape index (κ2) is 5.72. The molecule has 1 aliphatic heterocycles. The highest BCUT2D eigenvalue weighted by molar-refractivity contribution is 6.30. The molecule has 0 amide bonds. The molecule has 3 rings (SSSR count). The van der Waals surface area contributed by atoms with E-state index in [1.54, 1.807) is 0 Å². The zero-order valence-corrected chi connectivity index (χ0v) is 12.2. The number of halogens is 1. The predicted molar refractivity (Wildman–Crippen MR) is 81.9 cm³/mol. The number of rotatable bonds is 3. The number of nitrogens with two attached hydrogens (primary N) is 1. The minimum atomic E-state index is 0.690. The van der Waals surface area contributed by atoms with Gasteiger partial charge in [0.25, 0.3) is 0 Å². The maximum absolute atomic E-state index is 6.14. The molecule has 0 radical (unpaired) electrons. The molecule has 19 heavy (non-hydrogen) atoms. The Kier molecular flexibility index (Phi) is 3.99. The van der Waals surface area contributed by atoms with E-state index in [1.165, 1.54) is 49.9 Å². The van der Waals surface area contributed by atoms with E-state index >= 15 is 0 Å². The molecule has 2 aliphatic rings. The average Bonchev–Trinajstić information content (AvgIpc) is 2.83. The fourth-order valence-corrected chi connectivity index (χ4v) is 4.09. The van der Waals surface area contributed by atoms with Gasteiger partial charge in [-0.1, -0.05) is 24.4 Å². The third-order valence-corrected chi connectivity index (χ3v) is 5.01. The number of hydrogen-bond acceptors (Lipinski definition) is 2. The van der Waals surface area contributed by atoms with Gasteiger partial charge in [0.2, 0.25) is 0 Å². The standard InChI is InChI=1S/C16H23ClN2/c17-14-5-6-16(13(11-14)7-9-18)19-10-8-12-3-1-2-4-15(12)19/h5-6,11-12,15H,1-4,7-10,18H2. The van der Waals surface area contributed by atoms with Crippen molar-refractivity contribution < 1.29 is 0 Å². The number of nitrogens with zero attached hydrogens (tertiary/aromatic N) is 1. The molecule has 1 aliphatic carbocycles. The lowest BCUT2D eigenvalue weighted by Gasteiger charge is -2.34. The summed E-state index contributed by atoms with van der Waals surface area (Å²) in [5, 5.41) is 0.826. The largest absolute Gasteiger partial charge is 0.368 e. The van der Waals surface area contributed by atoms with Crippen LogP contribution in [0.4, 0.5) is 5.69 Å². The van der Waals surface area contributed by atoms with Gasteiger partial charge in [0.1, 0.15) is 0 Å². The van der Waals surface area contributed by atoms with Crippen LogP contribution in [0.1, 0.15) is 37.7 Å². The first-order valence-electron chi connectivity index (χ1n) is 7.54. The average molecular weight is 279 g/mol. The minimum absolute atomic E-state index is 0.690. The predicted octanol–water partition coefficient (Wildman–Crippen LogP) is 3.61. The Morgan fingerprint density at radius 1 is 1.21 bits per heavy atom. The summed E-state index contributed by atoms with van der Waals surface area (Å²) in [6, 6.07) is 7.07. The van der Waals surface area contributed by atoms with Crippen molar-refractivity contribution in [3.05, 3.63) is 28.8 Å². The fraction of sp³-hybridized carbons (Fsp3) is 0.625. The lowest BCUT2D eigenvalue weighted by Crippen LogP contribution is -2.35. The molecule has 2 unspecified atom stereocenters. The second-order valence-electron chi connectivity index (χ2n) is 5.91. The van der Waals surface area contributed by atoms with Crippen molar-refractivity contribution in [1.82, 2.24) is 0 Å². The highest BCUT2D eigenvalue weighted by Gasteiger charge is 2.36. The molecule has 1 heterocycles. The Bertz CT molecular complexity index is 446. The molecular weight excluding hydrogens is 256 g/mol. The Morgan fingerprint density at radius 3 is 2.89 bits per heavy atom. The first-order valence-corrected chi connectivity index (χ1v) is 7.92. The second-order valence-corrected chi connectivity index (χ2v) is 6.34. The topological polar surface area (TPSA) is 29.3 Å². The fourth-order valence-electron chi connectivity index (χ4n) is 3.89. The number of anilines is 1. The molecule has 1 aromatic carbocycles. The lowest BCUT2D eigenvalue weighted by atomic mass is 9.85. The van der Waals surface area contributed by atoms with Gasteiger partial charge in [-0.25, -0.2) is 0 Å². The van der Waals surface area contributed by atoms with Gasteiger partial charge in [0.05, 0.1) is 0 Å². The van der Waals surface area contributed by atoms with Crippen molar-refractivity contribution in [3.63, 3.8) is 0 Å². The Hall–Kier alpha value is -0.730. The molecular formula is C16H23ClN2. The van der Waals surface area contributed by atoms with Crippen molar-refractivity contribution in [1.29, 1.82) is 0 Å². The van der Waals surface area contributed by atoms with E-state index in [1.807, 2.05) is 6.07 Å². The van der Waals surface area contributed by atoms with E-state index in [-0.39, 0.29) is 0 Å². The van der Waals surface area contributed by atoms with Gasteiger partial charge in [-0.05, 0) is 61.9 Å². The van der Waals surface area contributed by atoms with Crippen LogP contribution in [-0.4, -0.2) is 19.1 Å². The first-order chi connectivity index (χ1) is 9.29. The van der Waals surface area contributed by atoms with Crippen LogP contribution in [0.15, 0.2) is 18.2 Å².